The lowest BCUT2D eigenvalue weighted by molar-refractivity contribution is 0.199. The highest BCUT2D eigenvalue weighted by atomic mass is 16.5. The molecule has 1 fully saturated rings. The van der Waals surface area contributed by atoms with Gasteiger partial charge in [-0.05, 0) is 49.5 Å². The van der Waals surface area contributed by atoms with E-state index in [4.69, 9.17) is 9.26 Å². The summed E-state index contributed by atoms with van der Waals surface area (Å²) in [5.41, 5.74) is 2.44. The van der Waals surface area contributed by atoms with E-state index in [1.807, 2.05) is 6.07 Å². The van der Waals surface area contributed by atoms with Gasteiger partial charge in [-0.15, -0.1) is 0 Å². The fraction of sp³-hybridized carbons (Fsp3) is 0.438. The van der Waals surface area contributed by atoms with Crippen molar-refractivity contribution in [1.82, 2.24) is 10.1 Å². The number of methoxy groups -OCH3 is 1. The van der Waals surface area contributed by atoms with Gasteiger partial charge in [-0.3, -0.25) is 4.90 Å². The van der Waals surface area contributed by atoms with Gasteiger partial charge in [0.25, 0.3) is 0 Å². The molecule has 0 saturated carbocycles. The smallest absolute Gasteiger partial charge is 0.124 e. The van der Waals surface area contributed by atoms with Crippen molar-refractivity contribution in [3.63, 3.8) is 0 Å². The van der Waals surface area contributed by atoms with E-state index in [1.165, 1.54) is 18.4 Å². The molecule has 2 heterocycles. The molecule has 1 aromatic heterocycles. The Morgan fingerprint density at radius 2 is 1.95 bits per heavy atom. The first-order valence-electron chi connectivity index (χ1n) is 7.11. The first-order chi connectivity index (χ1) is 9.85. The quantitative estimate of drug-likeness (QED) is 0.857. The molecule has 106 valence electrons. The van der Waals surface area contributed by atoms with Crippen LogP contribution < -0.4 is 4.74 Å². The lowest BCUT2D eigenvalue weighted by atomic mass is 9.89. The van der Waals surface area contributed by atoms with Gasteiger partial charge in [-0.2, -0.15) is 0 Å². The minimum absolute atomic E-state index is 0.662. The topological polar surface area (TPSA) is 38.5 Å². The predicted molar refractivity (Wildman–Crippen MR) is 76.7 cm³/mol. The zero-order valence-electron chi connectivity index (χ0n) is 11.8. The van der Waals surface area contributed by atoms with Crippen molar-refractivity contribution in [3.05, 3.63) is 47.9 Å². The van der Waals surface area contributed by atoms with Crippen molar-refractivity contribution < 1.29 is 9.26 Å². The molecule has 20 heavy (non-hydrogen) atoms. The standard InChI is InChI=1S/C16H20N2O2/c1-19-16-4-2-13(3-5-16)14-6-9-18(10-7-14)12-15-8-11-20-17-15/h2-5,8,11,14H,6-7,9-10,12H2,1H3. The van der Waals surface area contributed by atoms with Crippen LogP contribution >= 0.6 is 0 Å². The number of aromatic nitrogens is 1. The van der Waals surface area contributed by atoms with E-state index in [0.29, 0.717) is 5.92 Å². The summed E-state index contributed by atoms with van der Waals surface area (Å²) in [4.78, 5) is 2.44. The number of likely N-dealkylation sites (tertiary alicyclic amines) is 1. The number of ether oxygens (including phenoxy) is 1. The molecule has 0 atom stereocenters. The second-order valence-corrected chi connectivity index (χ2v) is 5.31. The molecule has 4 heteroatoms. The summed E-state index contributed by atoms with van der Waals surface area (Å²) in [5.74, 6) is 1.59. The van der Waals surface area contributed by atoms with Crippen LogP contribution in [0.3, 0.4) is 0 Å². The molecule has 4 nitrogen and oxygen atoms in total. The fourth-order valence-electron chi connectivity index (χ4n) is 2.85. The van der Waals surface area contributed by atoms with Crippen LogP contribution in [0.25, 0.3) is 0 Å². The molecule has 0 spiro atoms. The van der Waals surface area contributed by atoms with Crippen LogP contribution in [-0.4, -0.2) is 30.3 Å². The van der Waals surface area contributed by atoms with E-state index in [-0.39, 0.29) is 0 Å². The van der Waals surface area contributed by atoms with E-state index >= 15 is 0 Å². The van der Waals surface area contributed by atoms with Crippen molar-refractivity contribution in [2.24, 2.45) is 0 Å². The molecule has 0 amide bonds. The molecule has 0 bridgehead atoms. The zero-order chi connectivity index (χ0) is 13.8. The highest BCUT2D eigenvalue weighted by molar-refractivity contribution is 5.29. The maximum atomic E-state index is 5.21. The van der Waals surface area contributed by atoms with Gasteiger partial charge in [-0.1, -0.05) is 17.3 Å². The highest BCUT2D eigenvalue weighted by Crippen LogP contribution is 2.29. The monoisotopic (exact) mass is 272 g/mol. The van der Waals surface area contributed by atoms with E-state index < -0.39 is 0 Å². The molecule has 1 aliphatic rings. The average molecular weight is 272 g/mol. The fourth-order valence-corrected chi connectivity index (χ4v) is 2.85. The van der Waals surface area contributed by atoms with Crippen LogP contribution in [0.5, 0.6) is 5.75 Å². The summed E-state index contributed by atoms with van der Waals surface area (Å²) >= 11 is 0. The molecule has 0 N–H and O–H groups in total. The van der Waals surface area contributed by atoms with Gasteiger partial charge < -0.3 is 9.26 Å². The second-order valence-electron chi connectivity index (χ2n) is 5.31. The third-order valence-electron chi connectivity index (χ3n) is 4.05. The molecular weight excluding hydrogens is 252 g/mol. The molecular formula is C16H20N2O2. The largest absolute Gasteiger partial charge is 0.497 e. The lowest BCUT2D eigenvalue weighted by Crippen LogP contribution is -2.32. The molecule has 1 saturated heterocycles. The van der Waals surface area contributed by atoms with Gasteiger partial charge in [0.05, 0.1) is 12.8 Å². The minimum atomic E-state index is 0.662. The molecule has 0 aliphatic carbocycles. The third kappa shape index (κ3) is 3.02. The third-order valence-corrected chi connectivity index (χ3v) is 4.05. The van der Waals surface area contributed by atoms with Crippen LogP contribution in [0.4, 0.5) is 0 Å². The van der Waals surface area contributed by atoms with Gasteiger partial charge in [0.15, 0.2) is 0 Å². The van der Waals surface area contributed by atoms with Gasteiger partial charge >= 0.3 is 0 Å². The Morgan fingerprint density at radius 3 is 2.55 bits per heavy atom. The summed E-state index contributed by atoms with van der Waals surface area (Å²) < 4.78 is 10.1. The summed E-state index contributed by atoms with van der Waals surface area (Å²) in [6, 6.07) is 10.4. The lowest BCUT2D eigenvalue weighted by Gasteiger charge is -2.31. The predicted octanol–water partition coefficient (Wildman–Crippen LogP) is 3.06. The van der Waals surface area contributed by atoms with Crippen LogP contribution in [-0.2, 0) is 6.54 Å². The summed E-state index contributed by atoms with van der Waals surface area (Å²) in [5, 5.41) is 3.98. The van der Waals surface area contributed by atoms with Gasteiger partial charge in [0.2, 0.25) is 0 Å². The Labute approximate surface area is 119 Å². The Morgan fingerprint density at radius 1 is 1.20 bits per heavy atom. The maximum Gasteiger partial charge on any atom is 0.124 e. The van der Waals surface area contributed by atoms with Gasteiger partial charge in [-0.25, -0.2) is 0 Å². The Bertz CT molecular complexity index is 514. The average Bonchev–Trinajstić information content (AvgIpc) is 3.01. The summed E-state index contributed by atoms with van der Waals surface area (Å²) in [6.07, 6.45) is 4.04. The van der Waals surface area contributed by atoms with Crippen LogP contribution in [0.2, 0.25) is 0 Å². The molecule has 0 unspecified atom stereocenters. The normalized spacial score (nSPS) is 17.2. The van der Waals surface area contributed by atoms with Crippen LogP contribution in [0.15, 0.2) is 41.1 Å². The molecule has 1 aromatic carbocycles. The van der Waals surface area contributed by atoms with Crippen molar-refractivity contribution in [3.8, 4) is 5.75 Å². The SMILES string of the molecule is COc1ccc(C2CCN(Cc3ccon3)CC2)cc1. The number of benzene rings is 1. The molecule has 3 rings (SSSR count). The van der Waals surface area contributed by atoms with E-state index in [2.05, 4.69) is 34.3 Å². The van der Waals surface area contributed by atoms with Crippen molar-refractivity contribution in [1.29, 1.82) is 0 Å². The number of nitrogens with zero attached hydrogens (tertiary/aromatic N) is 2. The van der Waals surface area contributed by atoms with Gasteiger partial charge in [0.1, 0.15) is 12.0 Å². The highest BCUT2D eigenvalue weighted by Gasteiger charge is 2.21. The number of piperidine rings is 1. The van der Waals surface area contributed by atoms with Crippen molar-refractivity contribution in [2.45, 2.75) is 25.3 Å². The Kier molecular flexibility index (Phi) is 4.02. The second kappa shape index (κ2) is 6.09. The first kappa shape index (κ1) is 13.2. The molecule has 0 radical (unpaired) electrons. The summed E-state index contributed by atoms with van der Waals surface area (Å²) in [6.45, 7) is 3.12. The van der Waals surface area contributed by atoms with E-state index in [1.54, 1.807) is 13.4 Å². The molecule has 1 aliphatic heterocycles. The number of rotatable bonds is 4. The van der Waals surface area contributed by atoms with Crippen LogP contribution in [0, 0.1) is 0 Å². The Hall–Kier alpha value is -1.81. The number of hydrogen-bond acceptors (Lipinski definition) is 4. The van der Waals surface area contributed by atoms with Gasteiger partial charge in [0, 0.05) is 12.6 Å². The summed E-state index contributed by atoms with van der Waals surface area (Å²) in [7, 11) is 1.71. The van der Waals surface area contributed by atoms with E-state index in [9.17, 15) is 0 Å². The Balaban J connectivity index is 1.55. The maximum absolute atomic E-state index is 5.21. The molecule has 2 aromatic rings. The zero-order valence-corrected chi connectivity index (χ0v) is 11.8. The first-order valence-corrected chi connectivity index (χ1v) is 7.11. The van der Waals surface area contributed by atoms with Crippen LogP contribution in [0.1, 0.15) is 30.0 Å². The van der Waals surface area contributed by atoms with Crippen molar-refractivity contribution in [2.75, 3.05) is 20.2 Å². The number of hydrogen-bond donors (Lipinski definition) is 0. The van der Waals surface area contributed by atoms with E-state index in [0.717, 1.165) is 31.1 Å². The minimum Gasteiger partial charge on any atom is -0.497 e. The van der Waals surface area contributed by atoms with Crippen molar-refractivity contribution >= 4 is 0 Å².